The van der Waals surface area contributed by atoms with Gasteiger partial charge in [0.15, 0.2) is 0 Å². The van der Waals surface area contributed by atoms with Gasteiger partial charge in [0.1, 0.15) is 0 Å². The molecule has 2 aromatic carbocycles. The fraction of sp³-hybridized carbons (Fsp3) is 0.629. The van der Waals surface area contributed by atoms with E-state index in [1.807, 2.05) is 12.1 Å². The van der Waals surface area contributed by atoms with Crippen LogP contribution in [-0.4, -0.2) is 43.3 Å². The van der Waals surface area contributed by atoms with Gasteiger partial charge < -0.3 is 6.92 Å². The molecular weight excluding hydrogens is 647 g/mol. The van der Waals surface area contributed by atoms with Crippen LogP contribution in [0.2, 0.25) is 0 Å². The Morgan fingerprint density at radius 3 is 1.24 bits per heavy atom. The summed E-state index contributed by atoms with van der Waals surface area (Å²) in [6.07, 6.45) is 9.00. The fourth-order valence-corrected chi connectivity index (χ4v) is 14.4. The first-order valence-electron chi connectivity index (χ1n) is 16.0. The molecule has 4 nitrogen and oxygen atoms in total. The molecule has 0 aromatic heterocycles. The number of rotatable bonds is 3. The molecule has 0 N–H and O–H groups in total. The summed E-state index contributed by atoms with van der Waals surface area (Å²) in [6, 6.07) is 17.7. The van der Waals surface area contributed by atoms with Crippen molar-refractivity contribution in [3.63, 3.8) is 0 Å². The van der Waals surface area contributed by atoms with Crippen molar-refractivity contribution in [3.8, 4) is 0 Å². The topological polar surface area (TPSA) is 52.6 Å². The molecule has 3 fully saturated rings. The van der Waals surface area contributed by atoms with E-state index in [4.69, 9.17) is 0 Å². The van der Waals surface area contributed by atoms with Crippen LogP contribution in [0.4, 0.5) is 0 Å². The van der Waals surface area contributed by atoms with Gasteiger partial charge in [0, 0.05) is 0 Å². The van der Waals surface area contributed by atoms with Gasteiger partial charge in [-0.15, -0.1) is 18.5 Å². The van der Waals surface area contributed by atoms with Gasteiger partial charge in [-0.25, -0.2) is 8.37 Å². The third-order valence-corrected chi connectivity index (χ3v) is 17.6. The van der Waals surface area contributed by atoms with Crippen LogP contribution in [0.15, 0.2) is 48.5 Å². The Morgan fingerprint density at radius 1 is 0.689 bits per heavy atom. The van der Waals surface area contributed by atoms with Gasteiger partial charge in [-0.2, -0.15) is 14.8 Å². The van der Waals surface area contributed by atoms with Crippen molar-refractivity contribution in [1.29, 1.82) is 0 Å². The molecule has 0 bridgehead atoms. The van der Waals surface area contributed by atoms with Crippen molar-refractivity contribution in [2.45, 2.75) is 142 Å². The maximum Gasteiger partial charge on any atom is 1.00 e. The van der Waals surface area contributed by atoms with Gasteiger partial charge in [0.2, 0.25) is 0 Å². The van der Waals surface area contributed by atoms with Crippen molar-refractivity contribution in [2.24, 2.45) is 0 Å². The van der Waals surface area contributed by atoms with E-state index in [-0.39, 0.29) is 54.3 Å². The molecule has 2 unspecified atom stereocenters. The Kier molecular flexibility index (Phi) is 23.4. The van der Waals surface area contributed by atoms with Crippen LogP contribution in [0.3, 0.4) is 0 Å². The average molecular weight is 709 g/mol. The summed E-state index contributed by atoms with van der Waals surface area (Å²) in [5, 5.41) is 6.06. The van der Waals surface area contributed by atoms with E-state index in [1.54, 1.807) is 24.5 Å². The van der Waals surface area contributed by atoms with Crippen molar-refractivity contribution in [1.82, 2.24) is 0 Å². The van der Waals surface area contributed by atoms with E-state index in [1.165, 1.54) is 42.7 Å². The molecule has 45 heavy (non-hydrogen) atoms. The molecule has 0 radical (unpaired) electrons. The van der Waals surface area contributed by atoms with Gasteiger partial charge in [-0.1, -0.05) is 113 Å². The maximum atomic E-state index is 10.8. The second-order valence-electron chi connectivity index (χ2n) is 12.1. The molecule has 3 aliphatic heterocycles. The molecule has 3 saturated heterocycles. The minimum Gasteiger partial charge on any atom is -0.343 e. The van der Waals surface area contributed by atoms with Gasteiger partial charge in [0.25, 0.3) is 0 Å². The minimum atomic E-state index is -3.72. The Hall–Kier alpha value is 0.627. The zero-order chi connectivity index (χ0) is 32.2. The molecular formula is C35H61LiO4P4S. The molecule has 0 saturated carbocycles. The molecule has 252 valence electrons. The number of hydrogen-bond donors (Lipinski definition) is 0. The van der Waals surface area contributed by atoms with Crippen molar-refractivity contribution < 1.29 is 35.6 Å². The summed E-state index contributed by atoms with van der Waals surface area (Å²) >= 11 is 0. The Labute approximate surface area is 297 Å². The van der Waals surface area contributed by atoms with E-state index in [9.17, 15) is 8.42 Å². The molecule has 5 rings (SSSR count). The molecule has 10 heteroatoms. The van der Waals surface area contributed by atoms with Crippen LogP contribution in [0.25, 0.3) is 0 Å². The molecule has 0 aliphatic carbocycles. The number of hydrogen-bond acceptors (Lipinski definition) is 4. The van der Waals surface area contributed by atoms with E-state index in [2.05, 4.69) is 105 Å². The Balaban J connectivity index is 0.000000657. The Bertz CT molecular complexity index is 1100. The summed E-state index contributed by atoms with van der Waals surface area (Å²) in [7, 11) is 1.77. The van der Waals surface area contributed by atoms with E-state index >= 15 is 0 Å². The van der Waals surface area contributed by atoms with Crippen LogP contribution in [0.5, 0.6) is 0 Å². The minimum absolute atomic E-state index is 0. The SMILES string of the molecule is C.C[C@@H]1CC[C@@H](C)P1c1ccccc1P1[C@H](C)CC[C@H]1C.C[C@H]1CC[C@H](C)OS(=O)(=O)O1.Pc1ccccc1P.[CH2-]CCC.[Li+]. The largest absolute Gasteiger partial charge is 1.00 e. The molecule has 2 aromatic rings. The maximum absolute atomic E-state index is 10.8. The first-order chi connectivity index (χ1) is 20.3. The zero-order valence-electron chi connectivity index (χ0n) is 28.5. The van der Waals surface area contributed by atoms with Gasteiger partial charge in [0.05, 0.1) is 12.2 Å². The van der Waals surface area contributed by atoms with Crippen LogP contribution >= 0.6 is 34.3 Å². The van der Waals surface area contributed by atoms with Crippen LogP contribution in [-0.2, 0) is 18.8 Å². The molecule has 3 aliphatic rings. The molecule has 0 spiro atoms. The van der Waals surface area contributed by atoms with Crippen LogP contribution in [0, 0.1) is 6.92 Å². The summed E-state index contributed by atoms with van der Waals surface area (Å²) in [5.41, 5.74) is 3.74. The van der Waals surface area contributed by atoms with E-state index in [0.717, 1.165) is 41.9 Å². The quantitative estimate of drug-likeness (QED) is 0.229. The summed E-state index contributed by atoms with van der Waals surface area (Å²) < 4.78 is 30.9. The second kappa shape index (κ2) is 23.1. The smallest absolute Gasteiger partial charge is 0.343 e. The van der Waals surface area contributed by atoms with E-state index in [0.29, 0.717) is 0 Å². The van der Waals surface area contributed by atoms with Crippen molar-refractivity contribution in [2.75, 3.05) is 0 Å². The van der Waals surface area contributed by atoms with Gasteiger partial charge >= 0.3 is 29.3 Å². The van der Waals surface area contributed by atoms with Crippen LogP contribution in [0.1, 0.15) is 107 Å². The normalized spacial score (nSPS) is 27.5. The zero-order valence-corrected chi connectivity index (χ0v) is 33.5. The van der Waals surface area contributed by atoms with Gasteiger partial charge in [-0.05, 0) is 96.2 Å². The van der Waals surface area contributed by atoms with E-state index < -0.39 is 10.4 Å². The summed E-state index contributed by atoms with van der Waals surface area (Å²) in [6.45, 7) is 19.2. The third-order valence-electron chi connectivity index (χ3n) is 8.24. The summed E-state index contributed by atoms with van der Waals surface area (Å²) in [4.78, 5) is 0. The number of unbranched alkanes of at least 4 members (excludes halogenated alkanes) is 1. The van der Waals surface area contributed by atoms with Gasteiger partial charge in [-0.3, -0.25) is 0 Å². The fourth-order valence-electron chi connectivity index (χ4n) is 5.74. The molecule has 3 heterocycles. The van der Waals surface area contributed by atoms with Crippen molar-refractivity contribution >= 4 is 65.9 Å². The third kappa shape index (κ3) is 15.4. The van der Waals surface area contributed by atoms with Crippen molar-refractivity contribution in [3.05, 3.63) is 55.5 Å². The first kappa shape index (κ1) is 45.6. The Morgan fingerprint density at radius 2 is 0.978 bits per heavy atom. The molecule has 8 atom stereocenters. The predicted molar refractivity (Wildman–Crippen MR) is 207 cm³/mol. The molecule has 0 amide bonds. The predicted octanol–water partition coefficient (Wildman–Crippen LogP) is 5.83. The average Bonchev–Trinajstić information content (AvgIpc) is 3.44. The second-order valence-corrected chi connectivity index (χ2v) is 20.7. The first-order valence-corrected chi connectivity index (χ1v) is 21.4. The van der Waals surface area contributed by atoms with Crippen LogP contribution < -0.4 is 40.1 Å². The number of benzene rings is 2. The summed E-state index contributed by atoms with van der Waals surface area (Å²) in [5.74, 6) is 0. The monoisotopic (exact) mass is 708 g/mol. The standard InChI is InChI=1S/C18H28P2.C6H12O4S.C6H8P2.C4H9.CH4.Li/c1-13-9-10-14(2)19(13)17-7-5-6-8-18(17)20-15(3)11-12-16(20)4;1-5-3-4-6(2)10-11(7,8)9-5;7-5-3-1-2-4-6(5)8;1-3-4-2;;/h5-8,13-16H,9-12H2,1-4H3;5-6H,3-4H2,1-2H3;1-4H,7-8H2;1,3-4H2,2H3;1H4;/q;;;-1;;+1/t13-,14-,15-,16-;5-,6-;;;;/m10..../s1.